The van der Waals surface area contributed by atoms with Gasteiger partial charge in [-0.25, -0.2) is 18.7 Å². The highest BCUT2D eigenvalue weighted by molar-refractivity contribution is 5.88. The Kier molecular flexibility index (Phi) is 4.63. The monoisotopic (exact) mass is 399 g/mol. The van der Waals surface area contributed by atoms with Crippen LogP contribution in [-0.4, -0.2) is 32.3 Å². The van der Waals surface area contributed by atoms with Gasteiger partial charge in [-0.3, -0.25) is 0 Å². The maximum Gasteiger partial charge on any atom is 0.387 e. The van der Waals surface area contributed by atoms with Gasteiger partial charge in [-0.2, -0.15) is 13.9 Å². The second kappa shape index (κ2) is 7.27. The number of carbonyl (C=O) groups is 1. The molecule has 0 aliphatic carbocycles. The van der Waals surface area contributed by atoms with Crippen LogP contribution in [0, 0.1) is 5.82 Å². The van der Waals surface area contributed by atoms with Crippen LogP contribution in [0.3, 0.4) is 0 Å². The normalized spacial score (nSPS) is 11.2. The van der Waals surface area contributed by atoms with Crippen molar-refractivity contribution in [2.45, 2.75) is 6.61 Å². The smallest absolute Gasteiger partial charge is 0.387 e. The van der Waals surface area contributed by atoms with E-state index in [0.717, 1.165) is 4.52 Å². The van der Waals surface area contributed by atoms with E-state index in [-0.39, 0.29) is 22.8 Å². The lowest BCUT2D eigenvalue weighted by atomic mass is 10.1. The van der Waals surface area contributed by atoms with E-state index in [9.17, 15) is 23.1 Å². The molecule has 0 unspecified atom stereocenters. The number of rotatable bonds is 5. The number of fused-ring (bicyclic) bond motifs is 1. The molecule has 146 valence electrons. The minimum absolute atomic E-state index is 0.0726. The molecule has 0 spiro atoms. The number of aromatic carboxylic acids is 1. The fourth-order valence-corrected chi connectivity index (χ4v) is 2.87. The molecule has 6 nitrogen and oxygen atoms in total. The molecule has 1 N–H and O–H groups in total. The Morgan fingerprint density at radius 1 is 1.00 bits per heavy atom. The number of hydrogen-bond donors (Lipinski definition) is 1. The average molecular weight is 399 g/mol. The van der Waals surface area contributed by atoms with Crippen molar-refractivity contribution in [3.8, 4) is 28.3 Å². The molecule has 0 bridgehead atoms. The predicted molar refractivity (Wildman–Crippen MR) is 97.4 cm³/mol. The summed E-state index contributed by atoms with van der Waals surface area (Å²) in [7, 11) is 0. The minimum Gasteiger partial charge on any atom is -0.477 e. The van der Waals surface area contributed by atoms with Crippen molar-refractivity contribution < 1.29 is 27.8 Å². The van der Waals surface area contributed by atoms with Crippen molar-refractivity contribution in [2.24, 2.45) is 0 Å². The highest BCUT2D eigenvalue weighted by Gasteiger charge is 2.17. The summed E-state index contributed by atoms with van der Waals surface area (Å²) in [5.41, 5.74) is 1.71. The number of aromatic nitrogens is 3. The lowest BCUT2D eigenvalue weighted by molar-refractivity contribution is -0.0498. The van der Waals surface area contributed by atoms with Gasteiger partial charge in [0.15, 0.2) is 11.3 Å². The van der Waals surface area contributed by atoms with Crippen LogP contribution in [0.1, 0.15) is 10.5 Å². The largest absolute Gasteiger partial charge is 0.477 e. The number of hydrogen-bond acceptors (Lipinski definition) is 4. The lowest BCUT2D eigenvalue weighted by Crippen LogP contribution is -2.08. The van der Waals surface area contributed by atoms with E-state index in [1.54, 1.807) is 12.1 Å². The number of benzene rings is 2. The Balaban J connectivity index is 1.84. The van der Waals surface area contributed by atoms with Gasteiger partial charge in [0.25, 0.3) is 0 Å². The van der Waals surface area contributed by atoms with Gasteiger partial charge >= 0.3 is 12.6 Å². The highest BCUT2D eigenvalue weighted by atomic mass is 19.3. The molecule has 29 heavy (non-hydrogen) atoms. The second-order valence-corrected chi connectivity index (χ2v) is 6.04. The van der Waals surface area contributed by atoms with Crippen molar-refractivity contribution in [3.63, 3.8) is 0 Å². The molecule has 0 amide bonds. The fraction of sp³-hybridized carbons (Fsp3) is 0.0500. The maximum atomic E-state index is 13.2. The molecule has 0 saturated heterocycles. The predicted octanol–water partition coefficient (Wildman–Crippen LogP) is 4.50. The molecular weight excluding hydrogens is 387 g/mol. The average Bonchev–Trinajstić information content (AvgIpc) is 3.11. The zero-order valence-corrected chi connectivity index (χ0v) is 14.6. The third-order valence-corrected chi connectivity index (χ3v) is 4.14. The molecule has 0 saturated carbocycles. The summed E-state index contributed by atoms with van der Waals surface area (Å²) in [6.45, 7) is -2.98. The van der Waals surface area contributed by atoms with Gasteiger partial charge in [0, 0.05) is 17.2 Å². The topological polar surface area (TPSA) is 76.7 Å². The van der Waals surface area contributed by atoms with Crippen LogP contribution in [0.15, 0.2) is 60.7 Å². The molecule has 2 aromatic carbocycles. The van der Waals surface area contributed by atoms with Crippen LogP contribution in [0.4, 0.5) is 13.2 Å². The third-order valence-electron chi connectivity index (χ3n) is 4.14. The summed E-state index contributed by atoms with van der Waals surface area (Å²) in [6.07, 6.45) is 0. The summed E-state index contributed by atoms with van der Waals surface area (Å²) in [4.78, 5) is 16.1. The standard InChI is InChI=1S/C20H12F3N3O3/c21-13-6-4-11(5-7-13)16-10-18-24-15(9-17(19(27)28)26(18)25-16)12-2-1-3-14(8-12)29-20(22)23/h1-10,20H,(H,27,28). The van der Waals surface area contributed by atoms with Gasteiger partial charge in [0.05, 0.1) is 11.4 Å². The van der Waals surface area contributed by atoms with E-state index in [4.69, 9.17) is 0 Å². The minimum atomic E-state index is -2.98. The number of halogens is 3. The number of nitrogens with zero attached hydrogens (tertiary/aromatic N) is 3. The Morgan fingerprint density at radius 2 is 1.76 bits per heavy atom. The van der Waals surface area contributed by atoms with Gasteiger partial charge < -0.3 is 9.84 Å². The highest BCUT2D eigenvalue weighted by Crippen LogP contribution is 2.27. The number of carboxylic acids is 1. The summed E-state index contributed by atoms with van der Waals surface area (Å²) < 4.78 is 43.6. The SMILES string of the molecule is O=C(O)c1cc(-c2cccc(OC(F)F)c2)nc2cc(-c3ccc(F)cc3)nn12. The number of ether oxygens (including phenoxy) is 1. The van der Waals surface area contributed by atoms with E-state index in [1.807, 2.05) is 0 Å². The summed E-state index contributed by atoms with van der Waals surface area (Å²) in [5.74, 6) is -1.72. The van der Waals surface area contributed by atoms with E-state index in [1.165, 1.54) is 48.5 Å². The van der Waals surface area contributed by atoms with Gasteiger partial charge in [-0.05, 0) is 42.5 Å². The van der Waals surface area contributed by atoms with Gasteiger partial charge in [-0.1, -0.05) is 12.1 Å². The number of alkyl halides is 2. The van der Waals surface area contributed by atoms with Crippen LogP contribution in [-0.2, 0) is 0 Å². The van der Waals surface area contributed by atoms with Crippen LogP contribution < -0.4 is 4.74 Å². The molecule has 0 atom stereocenters. The van der Waals surface area contributed by atoms with Crippen molar-refractivity contribution >= 4 is 11.6 Å². The lowest BCUT2D eigenvalue weighted by Gasteiger charge is -2.08. The van der Waals surface area contributed by atoms with Crippen LogP contribution >= 0.6 is 0 Å². The van der Waals surface area contributed by atoms with Crippen molar-refractivity contribution in [2.75, 3.05) is 0 Å². The van der Waals surface area contributed by atoms with E-state index in [2.05, 4.69) is 14.8 Å². The van der Waals surface area contributed by atoms with Crippen molar-refractivity contribution in [1.82, 2.24) is 14.6 Å². The Morgan fingerprint density at radius 3 is 2.45 bits per heavy atom. The molecule has 0 fully saturated rings. The number of carboxylic acid groups (broad SMARTS) is 1. The Labute approximate surface area is 161 Å². The molecule has 9 heteroatoms. The first-order valence-electron chi connectivity index (χ1n) is 8.36. The van der Waals surface area contributed by atoms with Gasteiger partial charge in [0.2, 0.25) is 0 Å². The summed E-state index contributed by atoms with van der Waals surface area (Å²) in [5, 5.41) is 13.8. The van der Waals surface area contributed by atoms with Crippen molar-refractivity contribution in [3.05, 3.63) is 72.2 Å². The van der Waals surface area contributed by atoms with Crippen LogP contribution in [0.25, 0.3) is 28.2 Å². The summed E-state index contributed by atoms with van der Waals surface area (Å²) >= 11 is 0. The molecule has 4 aromatic rings. The van der Waals surface area contributed by atoms with Gasteiger partial charge in [0.1, 0.15) is 11.6 Å². The van der Waals surface area contributed by atoms with E-state index < -0.39 is 18.4 Å². The molecule has 0 radical (unpaired) electrons. The zero-order chi connectivity index (χ0) is 20.5. The van der Waals surface area contributed by atoms with Crippen LogP contribution in [0.2, 0.25) is 0 Å². The second-order valence-electron chi connectivity index (χ2n) is 6.04. The molecule has 0 aliphatic rings. The van der Waals surface area contributed by atoms with Crippen LogP contribution in [0.5, 0.6) is 5.75 Å². The summed E-state index contributed by atoms with van der Waals surface area (Å²) in [6, 6.07) is 14.2. The molecule has 2 aromatic heterocycles. The quantitative estimate of drug-likeness (QED) is 0.535. The Hall–Kier alpha value is -3.88. The third kappa shape index (κ3) is 3.75. The zero-order valence-electron chi connectivity index (χ0n) is 14.6. The van der Waals surface area contributed by atoms with Crippen molar-refractivity contribution in [1.29, 1.82) is 0 Å². The molecule has 2 heterocycles. The molecular formula is C20H12F3N3O3. The molecule has 4 rings (SSSR count). The Bertz CT molecular complexity index is 1210. The van der Waals surface area contributed by atoms with Gasteiger partial charge in [-0.15, -0.1) is 0 Å². The first-order chi connectivity index (χ1) is 13.9. The fourth-order valence-electron chi connectivity index (χ4n) is 2.87. The molecule has 0 aliphatic heterocycles. The van der Waals surface area contributed by atoms with E-state index in [0.29, 0.717) is 16.8 Å². The van der Waals surface area contributed by atoms with E-state index >= 15 is 0 Å². The first kappa shape index (κ1) is 18.5. The maximum absolute atomic E-state index is 13.2. The first-order valence-corrected chi connectivity index (χ1v) is 8.36.